The number of nitrogens with one attached hydrogen (secondary N) is 1. The minimum Gasteiger partial charge on any atom is -0.348 e. The highest BCUT2D eigenvalue weighted by Crippen LogP contribution is 2.23. The second-order valence-corrected chi connectivity index (χ2v) is 3.91. The Morgan fingerprint density at radius 3 is 2.69 bits per heavy atom. The molecule has 0 radical (unpaired) electrons. The molecule has 0 atom stereocenters. The van der Waals surface area contributed by atoms with Crippen molar-refractivity contribution in [1.82, 2.24) is 9.97 Å². The molecule has 0 unspecified atom stereocenters. The van der Waals surface area contributed by atoms with Gasteiger partial charge in [-0.15, -0.1) is 0 Å². The lowest BCUT2D eigenvalue weighted by Crippen LogP contribution is -2.13. The molecule has 1 N–H and O–H groups in total. The van der Waals surface area contributed by atoms with Crippen LogP contribution in [-0.4, -0.2) is 16.3 Å². The van der Waals surface area contributed by atoms with Crippen molar-refractivity contribution in [2.24, 2.45) is 0 Å². The lowest BCUT2D eigenvalue weighted by Gasteiger charge is -2.16. The molecule has 0 aromatic carbocycles. The summed E-state index contributed by atoms with van der Waals surface area (Å²) in [5, 5.41) is 0. The molecule has 3 heteroatoms. The van der Waals surface area contributed by atoms with Crippen molar-refractivity contribution in [3.8, 4) is 0 Å². The first-order valence-electron chi connectivity index (χ1n) is 4.21. The van der Waals surface area contributed by atoms with Gasteiger partial charge in [0.1, 0.15) is 6.29 Å². The van der Waals surface area contributed by atoms with Gasteiger partial charge in [0.2, 0.25) is 0 Å². The summed E-state index contributed by atoms with van der Waals surface area (Å²) in [6.45, 7) is 6.29. The van der Waals surface area contributed by atoms with Gasteiger partial charge in [0.25, 0.3) is 0 Å². The van der Waals surface area contributed by atoms with Gasteiger partial charge in [-0.2, -0.15) is 0 Å². The zero-order chi connectivity index (χ0) is 9.90. The summed E-state index contributed by atoms with van der Waals surface area (Å²) < 4.78 is 0. The summed E-state index contributed by atoms with van der Waals surface area (Å²) >= 11 is 0. The SMILES string of the molecule is CC(C)(C)c1[nH]cnc1/C=C/C=O. The standard InChI is InChI=1S/C10H14N2O/c1-10(2,3)9-8(5-4-6-13)11-7-12-9/h4-7H,1-3H3,(H,11,12)/b5-4+. The molecule has 0 spiro atoms. The lowest BCUT2D eigenvalue weighted by molar-refractivity contribution is -0.104. The summed E-state index contributed by atoms with van der Waals surface area (Å²) in [7, 11) is 0. The Labute approximate surface area is 77.9 Å². The van der Waals surface area contributed by atoms with E-state index >= 15 is 0 Å². The maximum atomic E-state index is 10.1. The predicted octanol–water partition coefficient (Wildman–Crippen LogP) is 1.92. The van der Waals surface area contributed by atoms with Crippen LogP contribution in [0, 0.1) is 0 Å². The highest BCUT2D eigenvalue weighted by atomic mass is 16.1. The highest BCUT2D eigenvalue weighted by Gasteiger charge is 2.18. The van der Waals surface area contributed by atoms with E-state index in [0.29, 0.717) is 0 Å². The number of carbonyl (C=O) groups excluding carboxylic acids is 1. The number of aromatic amines is 1. The van der Waals surface area contributed by atoms with E-state index in [-0.39, 0.29) is 5.41 Å². The van der Waals surface area contributed by atoms with Crippen LogP contribution in [0.15, 0.2) is 12.4 Å². The highest BCUT2D eigenvalue weighted by molar-refractivity contribution is 5.73. The van der Waals surface area contributed by atoms with Gasteiger partial charge in [-0.05, 0) is 12.2 Å². The quantitative estimate of drug-likeness (QED) is 0.555. The van der Waals surface area contributed by atoms with E-state index in [9.17, 15) is 4.79 Å². The molecule has 13 heavy (non-hydrogen) atoms. The van der Waals surface area contributed by atoms with Crippen LogP contribution in [0.2, 0.25) is 0 Å². The Hall–Kier alpha value is -1.38. The first-order valence-corrected chi connectivity index (χ1v) is 4.21. The van der Waals surface area contributed by atoms with Gasteiger partial charge in [-0.25, -0.2) is 4.98 Å². The van der Waals surface area contributed by atoms with E-state index in [0.717, 1.165) is 17.7 Å². The van der Waals surface area contributed by atoms with E-state index in [2.05, 4.69) is 30.7 Å². The summed E-state index contributed by atoms with van der Waals surface area (Å²) in [4.78, 5) is 17.3. The van der Waals surface area contributed by atoms with Gasteiger partial charge in [0.15, 0.2) is 0 Å². The molecule has 1 rings (SSSR count). The van der Waals surface area contributed by atoms with Crippen molar-refractivity contribution in [3.63, 3.8) is 0 Å². The molecule has 1 aromatic heterocycles. The Balaban J connectivity index is 3.03. The van der Waals surface area contributed by atoms with Crippen molar-refractivity contribution in [3.05, 3.63) is 23.8 Å². The maximum absolute atomic E-state index is 10.1. The van der Waals surface area contributed by atoms with Crippen molar-refractivity contribution >= 4 is 12.4 Å². The largest absolute Gasteiger partial charge is 0.348 e. The van der Waals surface area contributed by atoms with Crippen LogP contribution in [0.1, 0.15) is 32.2 Å². The molecular weight excluding hydrogens is 164 g/mol. The summed E-state index contributed by atoms with van der Waals surface area (Å²) in [6.07, 6.45) is 5.56. The Bertz CT molecular complexity index is 318. The maximum Gasteiger partial charge on any atom is 0.142 e. The molecule has 0 aliphatic heterocycles. The normalized spacial score (nSPS) is 12.2. The third kappa shape index (κ3) is 2.28. The van der Waals surface area contributed by atoms with Crippen molar-refractivity contribution in [2.45, 2.75) is 26.2 Å². The molecule has 0 aliphatic carbocycles. The fraction of sp³-hybridized carbons (Fsp3) is 0.400. The molecule has 0 saturated carbocycles. The van der Waals surface area contributed by atoms with E-state index in [1.165, 1.54) is 6.08 Å². The van der Waals surface area contributed by atoms with Gasteiger partial charge in [-0.3, -0.25) is 4.79 Å². The number of rotatable bonds is 2. The van der Waals surface area contributed by atoms with Crippen LogP contribution in [0.3, 0.4) is 0 Å². The second kappa shape index (κ2) is 3.56. The third-order valence-corrected chi connectivity index (χ3v) is 1.75. The molecule has 70 valence electrons. The van der Waals surface area contributed by atoms with Crippen molar-refractivity contribution in [1.29, 1.82) is 0 Å². The summed E-state index contributed by atoms with van der Waals surface area (Å²) in [5.41, 5.74) is 1.91. The monoisotopic (exact) mass is 178 g/mol. The number of hydrogen-bond donors (Lipinski definition) is 1. The predicted molar refractivity (Wildman–Crippen MR) is 52.4 cm³/mol. The number of H-pyrrole nitrogens is 1. The van der Waals surface area contributed by atoms with Crippen molar-refractivity contribution in [2.75, 3.05) is 0 Å². The summed E-state index contributed by atoms with van der Waals surface area (Å²) in [6, 6.07) is 0. The van der Waals surface area contributed by atoms with Gasteiger partial charge < -0.3 is 4.98 Å². The number of hydrogen-bond acceptors (Lipinski definition) is 2. The first-order chi connectivity index (χ1) is 6.05. The van der Waals surface area contributed by atoms with Crippen molar-refractivity contribution < 1.29 is 4.79 Å². The molecule has 1 aromatic rings. The third-order valence-electron chi connectivity index (χ3n) is 1.75. The van der Waals surface area contributed by atoms with Gasteiger partial charge in [0.05, 0.1) is 12.0 Å². The zero-order valence-electron chi connectivity index (χ0n) is 8.16. The first kappa shape index (κ1) is 9.71. The van der Waals surface area contributed by atoms with Gasteiger partial charge in [0, 0.05) is 11.1 Å². The number of nitrogens with zero attached hydrogens (tertiary/aromatic N) is 1. The zero-order valence-corrected chi connectivity index (χ0v) is 8.16. The number of imidazole rings is 1. The van der Waals surface area contributed by atoms with Crippen LogP contribution in [-0.2, 0) is 10.2 Å². The fourth-order valence-electron chi connectivity index (χ4n) is 1.16. The molecule has 1 heterocycles. The van der Waals surface area contributed by atoms with E-state index < -0.39 is 0 Å². The molecule has 0 fully saturated rings. The number of allylic oxidation sites excluding steroid dienone is 1. The number of aromatic nitrogens is 2. The Morgan fingerprint density at radius 1 is 1.46 bits per heavy atom. The van der Waals surface area contributed by atoms with Crippen LogP contribution in [0.25, 0.3) is 6.08 Å². The molecule has 3 nitrogen and oxygen atoms in total. The molecule has 0 saturated heterocycles. The van der Waals surface area contributed by atoms with E-state index in [1.807, 2.05) is 0 Å². The Morgan fingerprint density at radius 2 is 2.15 bits per heavy atom. The van der Waals surface area contributed by atoms with Crippen LogP contribution in [0.4, 0.5) is 0 Å². The van der Waals surface area contributed by atoms with E-state index in [4.69, 9.17) is 0 Å². The summed E-state index contributed by atoms with van der Waals surface area (Å²) in [5.74, 6) is 0. The van der Waals surface area contributed by atoms with Crippen LogP contribution >= 0.6 is 0 Å². The average molecular weight is 178 g/mol. The van der Waals surface area contributed by atoms with Crippen LogP contribution in [0.5, 0.6) is 0 Å². The van der Waals surface area contributed by atoms with Gasteiger partial charge in [-0.1, -0.05) is 20.8 Å². The topological polar surface area (TPSA) is 45.8 Å². The van der Waals surface area contributed by atoms with Gasteiger partial charge >= 0.3 is 0 Å². The number of carbonyl (C=O) groups is 1. The molecule has 0 amide bonds. The lowest BCUT2D eigenvalue weighted by atomic mass is 9.91. The second-order valence-electron chi connectivity index (χ2n) is 3.91. The average Bonchev–Trinajstić information content (AvgIpc) is 2.47. The minimum absolute atomic E-state index is 0.0268. The number of aldehydes is 1. The Kier molecular flexibility index (Phi) is 2.66. The fourth-order valence-corrected chi connectivity index (χ4v) is 1.16. The minimum atomic E-state index is 0.0268. The molecular formula is C10H14N2O. The molecule has 0 aliphatic rings. The molecule has 0 bridgehead atoms. The van der Waals surface area contributed by atoms with Crippen LogP contribution < -0.4 is 0 Å². The smallest absolute Gasteiger partial charge is 0.142 e. The van der Waals surface area contributed by atoms with E-state index in [1.54, 1.807) is 12.4 Å².